The van der Waals surface area contributed by atoms with Crippen LogP contribution in [0.1, 0.15) is 31.9 Å². The maximum atomic E-state index is 12.0. The van der Waals surface area contributed by atoms with Gasteiger partial charge in [0.2, 0.25) is 0 Å². The predicted octanol–water partition coefficient (Wildman–Crippen LogP) is -0.914. The monoisotopic (exact) mass is 351 g/mol. The van der Waals surface area contributed by atoms with Gasteiger partial charge in [-0.3, -0.25) is 9.55 Å². The molecule has 136 valence electrons. The average molecular weight is 351 g/mol. The van der Waals surface area contributed by atoms with Crippen LogP contribution >= 0.6 is 0 Å². The normalized spacial score (nSPS) is 30.4. The third-order valence-corrected chi connectivity index (χ3v) is 4.94. The van der Waals surface area contributed by atoms with Gasteiger partial charge in [0.15, 0.2) is 11.9 Å². The van der Waals surface area contributed by atoms with Crippen LogP contribution in [0.5, 0.6) is 0 Å². The molecule has 25 heavy (non-hydrogen) atoms. The van der Waals surface area contributed by atoms with Crippen LogP contribution in [0.3, 0.4) is 0 Å². The number of aromatic amines is 1. The van der Waals surface area contributed by atoms with Crippen molar-refractivity contribution >= 4 is 17.0 Å². The van der Waals surface area contributed by atoms with Crippen LogP contribution in [0.2, 0.25) is 0 Å². The van der Waals surface area contributed by atoms with E-state index in [0.29, 0.717) is 11.3 Å². The molecule has 4 atom stereocenters. The second-order valence-electron chi connectivity index (χ2n) is 6.60. The molecule has 4 rings (SSSR count). The Morgan fingerprint density at radius 3 is 2.76 bits per heavy atom. The smallest absolute Gasteiger partial charge is 0.348 e. The maximum Gasteiger partial charge on any atom is 0.348 e. The number of hydrogen-bond acceptors (Lipinski definition) is 8. The number of aliphatic hydroxyl groups excluding tert-OH is 3. The number of H-pyrrole nitrogens is 1. The number of rotatable bonds is 4. The van der Waals surface area contributed by atoms with Crippen LogP contribution in [-0.4, -0.2) is 65.8 Å². The second kappa shape index (κ2) is 6.37. The van der Waals surface area contributed by atoms with Gasteiger partial charge in [-0.1, -0.05) is 12.8 Å². The molecule has 1 saturated carbocycles. The number of aromatic nitrogens is 4. The first kappa shape index (κ1) is 16.5. The lowest BCUT2D eigenvalue weighted by Gasteiger charge is -2.17. The quantitative estimate of drug-likeness (QED) is 0.476. The fourth-order valence-electron chi connectivity index (χ4n) is 3.61. The van der Waals surface area contributed by atoms with Crippen molar-refractivity contribution in [1.82, 2.24) is 19.5 Å². The molecule has 2 aromatic rings. The number of nitrogens with zero attached hydrogens (tertiary/aromatic N) is 3. The van der Waals surface area contributed by atoms with E-state index in [1.54, 1.807) is 0 Å². The highest BCUT2D eigenvalue weighted by Gasteiger charge is 2.44. The van der Waals surface area contributed by atoms with Crippen molar-refractivity contribution in [3.63, 3.8) is 0 Å². The zero-order valence-corrected chi connectivity index (χ0v) is 13.5. The van der Waals surface area contributed by atoms with Crippen molar-refractivity contribution in [2.75, 3.05) is 11.9 Å². The van der Waals surface area contributed by atoms with Crippen molar-refractivity contribution in [2.24, 2.45) is 0 Å². The minimum atomic E-state index is -1.26. The lowest BCUT2D eigenvalue weighted by molar-refractivity contribution is -0.0511. The number of anilines is 1. The SMILES string of the molecule is O=c1nc2c(ncn2[C@@H]2O[C@H](CO)[C@@H](O)[C@H]2O)c(NC2CCCC2)[nH]1. The second-order valence-corrected chi connectivity index (χ2v) is 6.60. The largest absolute Gasteiger partial charge is 0.394 e. The molecule has 2 fully saturated rings. The summed E-state index contributed by atoms with van der Waals surface area (Å²) in [5.41, 5.74) is 0.171. The molecule has 0 amide bonds. The molecular formula is C15H21N5O5. The Kier molecular flexibility index (Phi) is 4.20. The summed E-state index contributed by atoms with van der Waals surface area (Å²) in [4.78, 5) is 22.9. The fourth-order valence-corrected chi connectivity index (χ4v) is 3.61. The van der Waals surface area contributed by atoms with E-state index in [-0.39, 0.29) is 11.7 Å². The van der Waals surface area contributed by atoms with Crippen molar-refractivity contribution in [3.8, 4) is 0 Å². The molecule has 0 unspecified atom stereocenters. The minimum absolute atomic E-state index is 0.249. The summed E-state index contributed by atoms with van der Waals surface area (Å²) in [6.07, 6.45) is 1.38. The molecule has 0 spiro atoms. The zero-order chi connectivity index (χ0) is 17.6. The van der Waals surface area contributed by atoms with Crippen LogP contribution in [0.4, 0.5) is 5.82 Å². The highest BCUT2D eigenvalue weighted by Crippen LogP contribution is 2.32. The Morgan fingerprint density at radius 2 is 2.08 bits per heavy atom. The number of hydrogen-bond donors (Lipinski definition) is 5. The van der Waals surface area contributed by atoms with E-state index in [9.17, 15) is 20.1 Å². The lowest BCUT2D eigenvalue weighted by atomic mass is 10.1. The lowest BCUT2D eigenvalue weighted by Crippen LogP contribution is -2.33. The van der Waals surface area contributed by atoms with Gasteiger partial charge in [0, 0.05) is 6.04 Å². The number of nitrogens with one attached hydrogen (secondary N) is 2. The van der Waals surface area contributed by atoms with Crippen molar-refractivity contribution in [2.45, 2.75) is 56.3 Å². The van der Waals surface area contributed by atoms with E-state index < -0.39 is 36.8 Å². The van der Waals surface area contributed by atoms with E-state index in [4.69, 9.17) is 4.74 Å². The van der Waals surface area contributed by atoms with Crippen LogP contribution in [-0.2, 0) is 4.74 Å². The number of imidazole rings is 1. The molecule has 0 radical (unpaired) electrons. The molecule has 10 nitrogen and oxygen atoms in total. The van der Waals surface area contributed by atoms with E-state index in [2.05, 4.69) is 20.3 Å². The van der Waals surface area contributed by atoms with Gasteiger partial charge in [0.05, 0.1) is 12.9 Å². The molecule has 0 aromatic carbocycles. The molecular weight excluding hydrogens is 330 g/mol. The molecule has 1 aliphatic carbocycles. The summed E-state index contributed by atoms with van der Waals surface area (Å²) in [7, 11) is 0. The molecule has 1 aliphatic heterocycles. The Hall–Kier alpha value is -2.01. The number of fused-ring (bicyclic) bond motifs is 1. The predicted molar refractivity (Wildman–Crippen MR) is 87.0 cm³/mol. The van der Waals surface area contributed by atoms with Crippen LogP contribution < -0.4 is 11.0 Å². The maximum absolute atomic E-state index is 12.0. The number of aliphatic hydroxyl groups is 3. The first-order valence-corrected chi connectivity index (χ1v) is 8.44. The Bertz CT molecular complexity index is 814. The summed E-state index contributed by atoms with van der Waals surface area (Å²) in [5.74, 6) is 0.493. The van der Waals surface area contributed by atoms with E-state index in [0.717, 1.165) is 25.7 Å². The van der Waals surface area contributed by atoms with Gasteiger partial charge in [-0.2, -0.15) is 4.98 Å². The van der Waals surface area contributed by atoms with Crippen molar-refractivity contribution in [3.05, 3.63) is 16.8 Å². The van der Waals surface area contributed by atoms with Crippen LogP contribution in [0.15, 0.2) is 11.1 Å². The van der Waals surface area contributed by atoms with Crippen molar-refractivity contribution in [1.29, 1.82) is 0 Å². The highest BCUT2D eigenvalue weighted by molar-refractivity contribution is 5.82. The molecule has 5 N–H and O–H groups in total. The standard InChI is InChI=1S/C15H21N5O5/c21-5-8-10(22)11(23)14(25-8)20-6-16-9-12(17-7-3-1-2-4-7)18-15(24)19-13(9)20/h6-8,10-11,14,21-23H,1-5H2,(H2,17,18,19,24)/t8-,10-,11-,14-/m1/s1. The highest BCUT2D eigenvalue weighted by atomic mass is 16.6. The van der Waals surface area contributed by atoms with Gasteiger partial charge in [0.1, 0.15) is 29.6 Å². The van der Waals surface area contributed by atoms with Gasteiger partial charge in [-0.25, -0.2) is 9.78 Å². The van der Waals surface area contributed by atoms with E-state index >= 15 is 0 Å². The van der Waals surface area contributed by atoms with Crippen LogP contribution in [0, 0.1) is 0 Å². The molecule has 3 heterocycles. The molecule has 0 bridgehead atoms. The summed E-state index contributed by atoms with van der Waals surface area (Å²) in [6.45, 7) is -0.427. The molecule has 1 saturated heterocycles. The topological polar surface area (TPSA) is 146 Å². The Morgan fingerprint density at radius 1 is 1.32 bits per heavy atom. The molecule has 2 aliphatic rings. The fraction of sp³-hybridized carbons (Fsp3) is 0.667. The van der Waals surface area contributed by atoms with Gasteiger partial charge in [-0.05, 0) is 12.8 Å². The van der Waals surface area contributed by atoms with Gasteiger partial charge in [0.25, 0.3) is 0 Å². The Labute approximate surface area is 142 Å². The average Bonchev–Trinajstić information content (AvgIpc) is 3.29. The van der Waals surface area contributed by atoms with E-state index in [1.165, 1.54) is 10.9 Å². The third-order valence-electron chi connectivity index (χ3n) is 4.94. The molecule has 10 heteroatoms. The first-order chi connectivity index (χ1) is 12.1. The number of ether oxygens (including phenoxy) is 1. The minimum Gasteiger partial charge on any atom is -0.394 e. The van der Waals surface area contributed by atoms with Crippen LogP contribution in [0.25, 0.3) is 11.2 Å². The van der Waals surface area contributed by atoms with Gasteiger partial charge in [-0.15, -0.1) is 0 Å². The van der Waals surface area contributed by atoms with Gasteiger partial charge < -0.3 is 25.4 Å². The third kappa shape index (κ3) is 2.80. The Balaban J connectivity index is 1.71. The summed E-state index contributed by atoms with van der Waals surface area (Å²) >= 11 is 0. The summed E-state index contributed by atoms with van der Waals surface area (Å²) in [5, 5.41) is 32.7. The van der Waals surface area contributed by atoms with Gasteiger partial charge >= 0.3 is 5.69 Å². The molecule has 2 aromatic heterocycles. The summed E-state index contributed by atoms with van der Waals surface area (Å²) in [6, 6.07) is 0.278. The summed E-state index contributed by atoms with van der Waals surface area (Å²) < 4.78 is 6.91. The van der Waals surface area contributed by atoms with E-state index in [1.807, 2.05) is 0 Å². The van der Waals surface area contributed by atoms with Crippen molar-refractivity contribution < 1.29 is 20.1 Å². The first-order valence-electron chi connectivity index (χ1n) is 8.44. The zero-order valence-electron chi connectivity index (χ0n) is 13.5.